The molecule has 0 aliphatic heterocycles. The van der Waals surface area contributed by atoms with Crippen molar-refractivity contribution < 1.29 is 8.42 Å². The smallest absolute Gasteiger partial charge is 0.154 e. The molecule has 0 heterocycles. The molecule has 4 nitrogen and oxygen atoms in total. The van der Waals surface area contributed by atoms with E-state index in [1.54, 1.807) is 13.8 Å². The second-order valence-corrected chi connectivity index (χ2v) is 8.25. The molecule has 0 amide bonds. The minimum Gasteiger partial charge on any atom is -0.368 e. The molecule has 0 spiro atoms. The Morgan fingerprint density at radius 1 is 1.10 bits per heavy atom. The number of benzene rings is 1. The van der Waals surface area contributed by atoms with Crippen molar-refractivity contribution in [2.24, 2.45) is 5.73 Å². The zero-order valence-electron chi connectivity index (χ0n) is 12.8. The van der Waals surface area contributed by atoms with Crippen molar-refractivity contribution in [1.29, 1.82) is 0 Å². The van der Waals surface area contributed by atoms with Crippen LogP contribution in [0.3, 0.4) is 0 Å². The fourth-order valence-corrected chi connectivity index (χ4v) is 2.89. The molecular formula is C15H26N2O2S. The molecule has 0 aromatic heterocycles. The molecular weight excluding hydrogens is 272 g/mol. The lowest BCUT2D eigenvalue weighted by Gasteiger charge is -2.29. The summed E-state index contributed by atoms with van der Waals surface area (Å²) in [6.07, 6.45) is 0. The van der Waals surface area contributed by atoms with E-state index in [0.29, 0.717) is 13.1 Å². The third-order valence-corrected chi connectivity index (χ3v) is 5.65. The van der Waals surface area contributed by atoms with Gasteiger partial charge in [0.2, 0.25) is 0 Å². The van der Waals surface area contributed by atoms with Gasteiger partial charge >= 0.3 is 0 Å². The van der Waals surface area contributed by atoms with Crippen LogP contribution in [0.4, 0.5) is 5.69 Å². The molecule has 0 atom stereocenters. The first-order valence-corrected chi connectivity index (χ1v) is 8.76. The monoisotopic (exact) mass is 298 g/mol. The Bertz CT molecular complexity index is 507. The lowest BCUT2D eigenvalue weighted by Crippen LogP contribution is -2.36. The molecule has 2 N–H and O–H groups in total. The van der Waals surface area contributed by atoms with Crippen LogP contribution in [-0.2, 0) is 16.4 Å². The van der Waals surface area contributed by atoms with Crippen LogP contribution in [0.1, 0.15) is 33.3 Å². The first-order valence-electron chi connectivity index (χ1n) is 7.05. The number of anilines is 1. The number of nitrogens with two attached hydrogens (primary N) is 1. The number of sulfone groups is 1. The molecule has 0 bridgehead atoms. The quantitative estimate of drug-likeness (QED) is 0.838. The molecule has 0 saturated carbocycles. The van der Waals surface area contributed by atoms with Crippen molar-refractivity contribution in [3.63, 3.8) is 0 Å². The number of hydrogen-bond acceptors (Lipinski definition) is 4. The van der Waals surface area contributed by atoms with E-state index in [2.05, 4.69) is 18.7 Å². The number of nitrogens with zero attached hydrogens (tertiary/aromatic N) is 1. The van der Waals surface area contributed by atoms with E-state index in [9.17, 15) is 8.42 Å². The van der Waals surface area contributed by atoms with E-state index in [4.69, 9.17) is 5.73 Å². The normalized spacial score (nSPS) is 12.2. The first kappa shape index (κ1) is 17.0. The fraction of sp³-hybridized carbons (Fsp3) is 0.600. The Morgan fingerprint density at radius 2 is 1.65 bits per heavy atom. The van der Waals surface area contributed by atoms with Crippen LogP contribution in [0.2, 0.25) is 0 Å². The van der Waals surface area contributed by atoms with Gasteiger partial charge in [0, 0.05) is 24.8 Å². The predicted molar refractivity (Wildman–Crippen MR) is 85.7 cm³/mol. The minimum absolute atomic E-state index is 0.182. The molecule has 0 aliphatic rings. The largest absolute Gasteiger partial charge is 0.368 e. The zero-order valence-corrected chi connectivity index (χ0v) is 13.7. The molecule has 1 aromatic rings. The van der Waals surface area contributed by atoms with Crippen LogP contribution >= 0.6 is 0 Å². The van der Waals surface area contributed by atoms with E-state index >= 15 is 0 Å². The van der Waals surface area contributed by atoms with E-state index in [1.165, 1.54) is 0 Å². The summed E-state index contributed by atoms with van der Waals surface area (Å²) in [5, 5.41) is -0.323. The highest BCUT2D eigenvalue weighted by Gasteiger charge is 2.19. The lowest BCUT2D eigenvalue weighted by molar-refractivity contribution is 0.583. The Hall–Kier alpha value is -1.07. The minimum atomic E-state index is -3.01. The van der Waals surface area contributed by atoms with Crippen LogP contribution in [0, 0.1) is 0 Å². The maximum Gasteiger partial charge on any atom is 0.154 e. The fourth-order valence-electron chi connectivity index (χ4n) is 1.97. The second-order valence-electron chi connectivity index (χ2n) is 5.57. The van der Waals surface area contributed by atoms with Gasteiger partial charge in [0.05, 0.1) is 11.0 Å². The average molecular weight is 298 g/mol. The molecule has 1 rings (SSSR count). The third kappa shape index (κ3) is 4.49. The molecule has 114 valence electrons. The van der Waals surface area contributed by atoms with E-state index < -0.39 is 9.84 Å². The van der Waals surface area contributed by atoms with Crippen molar-refractivity contribution in [2.45, 2.75) is 45.5 Å². The molecule has 0 aliphatic carbocycles. The summed E-state index contributed by atoms with van der Waals surface area (Å²) in [7, 11) is -3.01. The summed E-state index contributed by atoms with van der Waals surface area (Å²) < 4.78 is 23.9. The average Bonchev–Trinajstić information content (AvgIpc) is 2.39. The molecule has 0 fully saturated rings. The van der Waals surface area contributed by atoms with Crippen molar-refractivity contribution >= 4 is 15.5 Å². The Balaban J connectivity index is 2.84. The van der Waals surface area contributed by atoms with Crippen molar-refractivity contribution in [1.82, 2.24) is 0 Å². The van der Waals surface area contributed by atoms with Gasteiger partial charge in [0.15, 0.2) is 9.84 Å². The predicted octanol–water partition coefficient (Wildman–Crippen LogP) is 2.18. The van der Waals surface area contributed by atoms with Crippen LogP contribution in [0.5, 0.6) is 0 Å². The molecule has 0 radical (unpaired) electrons. The van der Waals surface area contributed by atoms with E-state index in [-0.39, 0.29) is 17.0 Å². The highest BCUT2D eigenvalue weighted by Crippen LogP contribution is 2.18. The van der Waals surface area contributed by atoms with Crippen molar-refractivity contribution in [2.75, 3.05) is 17.2 Å². The second kappa shape index (κ2) is 7.09. The maximum absolute atomic E-state index is 11.9. The Morgan fingerprint density at radius 3 is 2.05 bits per heavy atom. The van der Waals surface area contributed by atoms with Crippen LogP contribution < -0.4 is 10.6 Å². The molecule has 1 aromatic carbocycles. The number of rotatable bonds is 7. The highest BCUT2D eigenvalue weighted by atomic mass is 32.2. The molecule has 20 heavy (non-hydrogen) atoms. The SMILES string of the molecule is CC(C)N(CCS(=O)(=O)C(C)C)c1ccc(CN)cc1. The lowest BCUT2D eigenvalue weighted by atomic mass is 10.1. The summed E-state index contributed by atoms with van der Waals surface area (Å²) in [5.74, 6) is 0.182. The van der Waals surface area contributed by atoms with Gasteiger partial charge in [0.25, 0.3) is 0 Å². The van der Waals surface area contributed by atoms with Crippen LogP contribution in [0.15, 0.2) is 24.3 Å². The van der Waals surface area contributed by atoms with Crippen LogP contribution in [-0.4, -0.2) is 32.0 Å². The summed E-state index contributed by atoms with van der Waals surface area (Å²) in [4.78, 5) is 2.11. The van der Waals surface area contributed by atoms with Gasteiger partial charge in [-0.1, -0.05) is 12.1 Å². The van der Waals surface area contributed by atoms with Gasteiger partial charge in [-0.05, 0) is 45.4 Å². The van der Waals surface area contributed by atoms with Gasteiger partial charge < -0.3 is 10.6 Å². The third-order valence-electron chi connectivity index (χ3n) is 3.46. The Labute approximate surface area is 122 Å². The molecule has 0 saturated heterocycles. The van der Waals surface area contributed by atoms with E-state index in [1.807, 2.05) is 24.3 Å². The maximum atomic E-state index is 11.9. The summed E-state index contributed by atoms with van der Waals surface area (Å²) in [6.45, 7) is 8.62. The van der Waals surface area contributed by atoms with E-state index in [0.717, 1.165) is 11.3 Å². The summed E-state index contributed by atoms with van der Waals surface area (Å²) in [5.41, 5.74) is 7.71. The number of hydrogen-bond donors (Lipinski definition) is 1. The summed E-state index contributed by atoms with van der Waals surface area (Å²) in [6, 6.07) is 8.23. The zero-order chi connectivity index (χ0) is 15.3. The van der Waals surface area contributed by atoms with Crippen molar-refractivity contribution in [3.05, 3.63) is 29.8 Å². The Kier molecular flexibility index (Phi) is 6.02. The van der Waals surface area contributed by atoms with Crippen molar-refractivity contribution in [3.8, 4) is 0 Å². The highest BCUT2D eigenvalue weighted by molar-refractivity contribution is 7.92. The van der Waals surface area contributed by atoms with Gasteiger partial charge in [-0.15, -0.1) is 0 Å². The topological polar surface area (TPSA) is 63.4 Å². The molecule has 0 unspecified atom stereocenters. The van der Waals surface area contributed by atoms with Gasteiger partial charge in [-0.3, -0.25) is 0 Å². The first-order chi connectivity index (χ1) is 9.27. The van der Waals surface area contributed by atoms with Gasteiger partial charge in [-0.25, -0.2) is 8.42 Å². The molecule has 5 heteroatoms. The summed E-state index contributed by atoms with van der Waals surface area (Å²) >= 11 is 0. The standard InChI is InChI=1S/C15H26N2O2S/c1-12(2)17(9-10-20(18,19)13(3)4)15-7-5-14(11-16)6-8-15/h5-8,12-13H,9-11,16H2,1-4H3. The van der Waals surface area contributed by atoms with Gasteiger partial charge in [-0.2, -0.15) is 0 Å². The van der Waals surface area contributed by atoms with Gasteiger partial charge in [0.1, 0.15) is 0 Å². The van der Waals surface area contributed by atoms with Crippen LogP contribution in [0.25, 0.3) is 0 Å².